The van der Waals surface area contributed by atoms with E-state index in [1.165, 1.54) is 17.3 Å². The molecule has 0 atom stereocenters. The minimum atomic E-state index is -4.73. The molecule has 1 aromatic heterocycles. The van der Waals surface area contributed by atoms with Crippen molar-refractivity contribution in [2.24, 2.45) is 0 Å². The Morgan fingerprint density at radius 3 is 2.43 bits per heavy atom. The third kappa shape index (κ3) is 5.07. The third-order valence-corrected chi connectivity index (χ3v) is 9.34. The van der Waals surface area contributed by atoms with Crippen LogP contribution in [0.5, 0.6) is 0 Å². The Balaban J connectivity index is 1.43. The molecule has 2 aromatic rings. The molecule has 5 rings (SSSR count). The summed E-state index contributed by atoms with van der Waals surface area (Å²) < 4.78 is 34.8. The van der Waals surface area contributed by atoms with Crippen molar-refractivity contribution >= 4 is 27.6 Å². The van der Waals surface area contributed by atoms with Crippen LogP contribution in [0.2, 0.25) is 0 Å². The fourth-order valence-electron chi connectivity index (χ4n) is 5.84. The SMILES string of the molecule is COCCn1cc(N(C2CCN(C)CC2)S(=O)(=O)N([O-])C(=O)Nc2c3c(cc4c2CCC4)CCC3)cn1. The quantitative estimate of drug-likeness (QED) is 0.520. The van der Waals surface area contributed by atoms with Gasteiger partial charge in [0, 0.05) is 25.0 Å². The largest absolute Gasteiger partial charge is 0.740 e. The molecule has 3 aliphatic rings. The molecule has 0 radical (unpaired) electrons. The van der Waals surface area contributed by atoms with E-state index in [1.54, 1.807) is 18.0 Å². The van der Waals surface area contributed by atoms with E-state index < -0.39 is 22.3 Å². The van der Waals surface area contributed by atoms with E-state index in [1.807, 2.05) is 7.05 Å². The van der Waals surface area contributed by atoms with Crippen LogP contribution >= 0.6 is 0 Å². The maximum Gasteiger partial charge on any atom is 0.326 e. The summed E-state index contributed by atoms with van der Waals surface area (Å²) in [5.74, 6) is 0. The van der Waals surface area contributed by atoms with Crippen molar-refractivity contribution in [1.82, 2.24) is 19.1 Å². The monoisotopic (exact) mass is 531 g/mol. The van der Waals surface area contributed by atoms with Crippen LogP contribution in [0.1, 0.15) is 47.9 Å². The first-order valence-electron chi connectivity index (χ1n) is 13.0. The van der Waals surface area contributed by atoms with E-state index in [9.17, 15) is 18.4 Å². The van der Waals surface area contributed by atoms with Gasteiger partial charge in [-0.15, -0.1) is 0 Å². The third-order valence-electron chi connectivity index (χ3n) is 7.75. The van der Waals surface area contributed by atoms with Crippen LogP contribution in [0.25, 0.3) is 0 Å². The van der Waals surface area contributed by atoms with Crippen LogP contribution in [0.15, 0.2) is 18.5 Å². The minimum Gasteiger partial charge on any atom is -0.740 e. The van der Waals surface area contributed by atoms with Gasteiger partial charge >= 0.3 is 16.2 Å². The molecule has 0 bridgehead atoms. The van der Waals surface area contributed by atoms with Gasteiger partial charge in [-0.05, 0) is 93.8 Å². The lowest BCUT2D eigenvalue weighted by atomic mass is 9.99. The molecule has 37 heavy (non-hydrogen) atoms. The fraction of sp³-hybridized carbons (Fsp3) is 0.600. The smallest absolute Gasteiger partial charge is 0.326 e. The Bertz CT molecular complexity index is 1220. The van der Waals surface area contributed by atoms with Gasteiger partial charge in [0.1, 0.15) is 0 Å². The predicted molar refractivity (Wildman–Crippen MR) is 141 cm³/mol. The normalized spacial score (nSPS) is 18.0. The highest BCUT2D eigenvalue weighted by atomic mass is 32.2. The number of urea groups is 1. The number of methoxy groups -OCH3 is 1. The number of likely N-dealkylation sites (tertiary alicyclic amines) is 1. The Kier molecular flexibility index (Phi) is 7.44. The lowest BCUT2D eigenvalue weighted by molar-refractivity contribution is 0.183. The molecule has 1 N–H and O–H groups in total. The molecule has 202 valence electrons. The number of anilines is 2. The van der Waals surface area contributed by atoms with Gasteiger partial charge in [0.2, 0.25) is 0 Å². The number of hydrogen-bond acceptors (Lipinski definition) is 7. The van der Waals surface area contributed by atoms with Crippen LogP contribution < -0.4 is 9.62 Å². The number of aromatic nitrogens is 2. The van der Waals surface area contributed by atoms with Gasteiger partial charge in [0.25, 0.3) is 0 Å². The molecule has 2 amide bonds. The summed E-state index contributed by atoms with van der Waals surface area (Å²) in [6, 6.07) is 0.574. The number of aryl methyl sites for hydroxylation is 2. The van der Waals surface area contributed by atoms with Gasteiger partial charge in [0.15, 0.2) is 0 Å². The summed E-state index contributed by atoms with van der Waals surface area (Å²) in [5.41, 5.74) is 5.35. The van der Waals surface area contributed by atoms with Crippen LogP contribution in [-0.4, -0.2) is 73.5 Å². The fourth-order valence-corrected chi connectivity index (χ4v) is 7.20. The summed E-state index contributed by atoms with van der Waals surface area (Å²) in [7, 11) is -1.18. The highest BCUT2D eigenvalue weighted by molar-refractivity contribution is 7.91. The standard InChI is InChI=1S/C25H35N6O5S/c1-28-11-9-20(10-12-28)30(21-16-26-29(17-21)13-14-36-2)37(34,35)31(33)25(32)27-24-22-7-3-5-18(22)15-19-6-4-8-23(19)24/h15-17,20H,3-14H2,1-2H3,(H,27,32)/q-1. The lowest BCUT2D eigenvalue weighted by Crippen LogP contribution is -2.52. The highest BCUT2D eigenvalue weighted by Crippen LogP contribution is 2.39. The molecule has 0 saturated carbocycles. The molecule has 0 unspecified atom stereocenters. The summed E-state index contributed by atoms with van der Waals surface area (Å²) >= 11 is 0. The molecule has 1 saturated heterocycles. The maximum absolute atomic E-state index is 13.7. The first kappa shape index (κ1) is 26.0. The zero-order valence-electron chi connectivity index (χ0n) is 21.5. The number of carbonyl (C=O) groups excluding carboxylic acids is 1. The van der Waals surface area contributed by atoms with Crippen LogP contribution in [0.4, 0.5) is 16.2 Å². The zero-order valence-corrected chi connectivity index (χ0v) is 22.3. The topological polar surface area (TPSA) is 123 Å². The van der Waals surface area contributed by atoms with Gasteiger partial charge in [-0.2, -0.15) is 13.5 Å². The Labute approximate surface area is 218 Å². The zero-order chi connectivity index (χ0) is 26.2. The maximum atomic E-state index is 13.7. The number of piperidine rings is 1. The molecule has 0 spiro atoms. The Hall–Kier alpha value is -2.67. The van der Waals surface area contributed by atoms with E-state index in [-0.39, 0.29) is 10.2 Å². The molecule has 2 heterocycles. The number of amides is 2. The Morgan fingerprint density at radius 2 is 1.81 bits per heavy atom. The van der Waals surface area contributed by atoms with Gasteiger partial charge in [-0.1, -0.05) is 6.07 Å². The molecule has 1 fully saturated rings. The van der Waals surface area contributed by atoms with E-state index in [0.717, 1.165) is 54.0 Å². The number of benzene rings is 1. The van der Waals surface area contributed by atoms with Gasteiger partial charge < -0.3 is 20.2 Å². The second kappa shape index (κ2) is 10.6. The number of hydrogen-bond donors (Lipinski definition) is 1. The average molecular weight is 532 g/mol. The van der Waals surface area contributed by atoms with E-state index in [2.05, 4.69) is 21.4 Å². The average Bonchev–Trinajstić information content (AvgIpc) is 3.64. The van der Waals surface area contributed by atoms with Crippen molar-refractivity contribution in [1.29, 1.82) is 0 Å². The van der Waals surface area contributed by atoms with Crippen molar-refractivity contribution in [3.63, 3.8) is 0 Å². The van der Waals surface area contributed by atoms with Crippen molar-refractivity contribution in [2.45, 2.75) is 64.0 Å². The number of nitrogens with one attached hydrogen (secondary N) is 1. The van der Waals surface area contributed by atoms with Crippen molar-refractivity contribution in [3.05, 3.63) is 45.9 Å². The van der Waals surface area contributed by atoms with Crippen molar-refractivity contribution in [2.75, 3.05) is 43.5 Å². The molecule has 2 aliphatic carbocycles. The highest BCUT2D eigenvalue weighted by Gasteiger charge is 2.37. The first-order valence-corrected chi connectivity index (χ1v) is 14.4. The van der Waals surface area contributed by atoms with Crippen LogP contribution in [0.3, 0.4) is 0 Å². The summed E-state index contributed by atoms with van der Waals surface area (Å²) in [6.45, 7) is 2.21. The Morgan fingerprint density at radius 1 is 1.16 bits per heavy atom. The molecule has 11 nitrogen and oxygen atoms in total. The molecule has 1 aliphatic heterocycles. The lowest BCUT2D eigenvalue weighted by Gasteiger charge is -2.41. The second-order valence-electron chi connectivity index (χ2n) is 10.2. The number of hydroxylamine groups is 1. The number of rotatable bonds is 8. The van der Waals surface area contributed by atoms with Crippen molar-refractivity contribution < 1.29 is 17.9 Å². The number of carbonyl (C=O) groups is 1. The van der Waals surface area contributed by atoms with Crippen LogP contribution in [0, 0.1) is 5.21 Å². The summed E-state index contributed by atoms with van der Waals surface area (Å²) in [6.07, 6.45) is 9.53. The van der Waals surface area contributed by atoms with Crippen molar-refractivity contribution in [3.8, 4) is 0 Å². The van der Waals surface area contributed by atoms with Crippen LogP contribution in [-0.2, 0) is 47.2 Å². The van der Waals surface area contributed by atoms with E-state index >= 15 is 0 Å². The molecule has 12 heteroatoms. The molecule has 1 aromatic carbocycles. The molecular weight excluding hydrogens is 496 g/mol. The van der Waals surface area contributed by atoms with E-state index in [4.69, 9.17) is 4.74 Å². The minimum absolute atomic E-state index is 0.265. The van der Waals surface area contributed by atoms with Gasteiger partial charge in [0.05, 0.1) is 25.0 Å². The van der Waals surface area contributed by atoms with Gasteiger partial charge in [-0.3, -0.25) is 9.15 Å². The number of nitrogens with zero attached hydrogens (tertiary/aromatic N) is 5. The number of fused-ring (bicyclic) bond motifs is 2. The summed E-state index contributed by atoms with van der Waals surface area (Å²) in [5, 5.41) is 20.3. The predicted octanol–water partition coefficient (Wildman–Crippen LogP) is 2.68. The van der Waals surface area contributed by atoms with E-state index in [0.29, 0.717) is 44.8 Å². The van der Waals surface area contributed by atoms with Gasteiger partial charge in [-0.25, -0.2) is 9.10 Å². The number of ether oxygens (including phenoxy) is 1. The second-order valence-corrected chi connectivity index (χ2v) is 11.8. The molecular formula is C25H35N6O5S-. The first-order chi connectivity index (χ1) is 17.8. The summed E-state index contributed by atoms with van der Waals surface area (Å²) in [4.78, 5) is 15.3.